The van der Waals surface area contributed by atoms with Crippen LogP contribution in [0.25, 0.3) is 0 Å². The van der Waals surface area contributed by atoms with Gasteiger partial charge in [0.15, 0.2) is 8.32 Å². The molecule has 0 aromatic carbocycles. The molecule has 2 rings (SSSR count). The second-order valence-corrected chi connectivity index (χ2v) is 16.6. The minimum atomic E-state index is -1.68. The van der Waals surface area contributed by atoms with Gasteiger partial charge in [0.25, 0.3) is 0 Å². The lowest BCUT2D eigenvalue weighted by molar-refractivity contribution is -0.0542. The molecule has 2 saturated heterocycles. The Kier molecular flexibility index (Phi) is 12.4. The van der Waals surface area contributed by atoms with Crippen molar-refractivity contribution in [2.75, 3.05) is 13.7 Å². The van der Waals surface area contributed by atoms with Gasteiger partial charge in [-0.15, -0.1) is 0 Å². The van der Waals surface area contributed by atoms with E-state index in [1.165, 1.54) is 12.0 Å². The SMILES string of the molecule is CC[Si](CC)(CC)O[C@H](C)[C@H](OC)[C@@H](C)[C@H]1O[C@]1(C)CC(C)/C=C/C=C(\C)[C@H]1O[C@@H](CN)CC[C@@H]1C. The molecule has 0 amide bonds. The quantitative estimate of drug-likeness (QED) is 0.144. The van der Waals surface area contributed by atoms with E-state index >= 15 is 0 Å². The summed E-state index contributed by atoms with van der Waals surface area (Å²) in [6.45, 7) is 20.9. The van der Waals surface area contributed by atoms with Crippen LogP contribution in [0.1, 0.15) is 81.6 Å². The number of methoxy groups -OCH3 is 1. The van der Waals surface area contributed by atoms with Crippen LogP contribution in [0.4, 0.5) is 0 Å². The van der Waals surface area contributed by atoms with Crippen LogP contribution < -0.4 is 5.73 Å². The van der Waals surface area contributed by atoms with E-state index in [2.05, 4.69) is 80.5 Å². The van der Waals surface area contributed by atoms with Gasteiger partial charge < -0.3 is 24.4 Å². The topological polar surface area (TPSA) is 66.2 Å². The van der Waals surface area contributed by atoms with Gasteiger partial charge in [0.05, 0.1) is 36.1 Å². The minimum absolute atomic E-state index is 0.0413. The normalized spacial score (nSPS) is 32.9. The largest absolute Gasteiger partial charge is 0.412 e. The highest BCUT2D eigenvalue weighted by Gasteiger charge is 2.57. The summed E-state index contributed by atoms with van der Waals surface area (Å²) < 4.78 is 25.3. The highest BCUT2D eigenvalue weighted by atomic mass is 28.4. The van der Waals surface area contributed by atoms with Crippen LogP contribution >= 0.6 is 0 Å². The molecule has 2 heterocycles. The van der Waals surface area contributed by atoms with Crippen molar-refractivity contribution in [1.29, 1.82) is 0 Å². The van der Waals surface area contributed by atoms with E-state index in [0.29, 0.717) is 18.4 Å². The summed E-state index contributed by atoms with van der Waals surface area (Å²) in [7, 11) is 0.140. The summed E-state index contributed by atoms with van der Waals surface area (Å²) in [5, 5.41) is 0. The Balaban J connectivity index is 1.93. The van der Waals surface area contributed by atoms with E-state index in [1.54, 1.807) is 0 Å². The van der Waals surface area contributed by atoms with Crippen molar-refractivity contribution in [3.8, 4) is 0 Å². The van der Waals surface area contributed by atoms with E-state index < -0.39 is 8.32 Å². The lowest BCUT2D eigenvalue weighted by Crippen LogP contribution is -2.46. The van der Waals surface area contributed by atoms with Crippen molar-refractivity contribution < 1.29 is 18.6 Å². The molecule has 210 valence electrons. The maximum Gasteiger partial charge on any atom is 0.192 e. The minimum Gasteiger partial charge on any atom is -0.412 e. The lowest BCUT2D eigenvalue weighted by Gasteiger charge is -2.36. The number of hydrogen-bond acceptors (Lipinski definition) is 5. The summed E-state index contributed by atoms with van der Waals surface area (Å²) >= 11 is 0. The Hall–Kier alpha value is -0.503. The Morgan fingerprint density at radius 2 is 1.78 bits per heavy atom. The van der Waals surface area contributed by atoms with Crippen LogP contribution in [0.2, 0.25) is 18.1 Å². The Labute approximate surface area is 223 Å². The number of ether oxygens (including phenoxy) is 3. The molecule has 36 heavy (non-hydrogen) atoms. The van der Waals surface area contributed by atoms with E-state index in [1.807, 2.05) is 7.11 Å². The Morgan fingerprint density at radius 1 is 1.14 bits per heavy atom. The standard InChI is InChI=1S/C30H57NO4Si/c1-11-36(12-2,13-3)35-25(8)28(32-10)24(7)29-30(9,34-29)19-21(4)15-14-16-22(5)27-23(6)17-18-26(20-31)33-27/h14-16,21,23-29H,11-13,17-20,31H2,1-10H3/b15-14+,22-16+/t21?,23-,24+,25+,26+,27+,28+,29+,30+/m0/s1. The van der Waals surface area contributed by atoms with Gasteiger partial charge in [0.1, 0.15) is 0 Å². The zero-order chi connectivity index (χ0) is 27.1. The van der Waals surface area contributed by atoms with Crippen LogP contribution in [0, 0.1) is 17.8 Å². The van der Waals surface area contributed by atoms with Gasteiger partial charge in [-0.25, -0.2) is 0 Å². The molecule has 2 fully saturated rings. The molecule has 0 spiro atoms. The molecule has 0 aromatic heterocycles. The summed E-state index contributed by atoms with van der Waals surface area (Å²) in [5.41, 5.74) is 7.03. The van der Waals surface area contributed by atoms with E-state index in [-0.39, 0.29) is 42.0 Å². The monoisotopic (exact) mass is 523 g/mol. The first-order valence-corrected chi connectivity index (χ1v) is 17.1. The van der Waals surface area contributed by atoms with Gasteiger partial charge in [-0.3, -0.25) is 0 Å². The third kappa shape index (κ3) is 8.00. The lowest BCUT2D eigenvalue weighted by atomic mass is 9.85. The molecule has 0 bridgehead atoms. The van der Waals surface area contributed by atoms with Crippen LogP contribution in [-0.2, 0) is 18.6 Å². The molecule has 2 N–H and O–H groups in total. The first-order chi connectivity index (χ1) is 17.0. The summed E-state index contributed by atoms with van der Waals surface area (Å²) in [5.74, 6) is 1.24. The number of hydrogen-bond donors (Lipinski definition) is 1. The van der Waals surface area contributed by atoms with Crippen molar-refractivity contribution in [2.24, 2.45) is 23.5 Å². The summed E-state index contributed by atoms with van der Waals surface area (Å²) in [6, 6.07) is 3.47. The van der Waals surface area contributed by atoms with E-state index in [0.717, 1.165) is 31.0 Å². The molecule has 0 aromatic rings. The molecule has 5 nitrogen and oxygen atoms in total. The Bertz CT molecular complexity index is 715. The van der Waals surface area contributed by atoms with Crippen molar-refractivity contribution in [2.45, 2.75) is 136 Å². The predicted octanol–water partition coefficient (Wildman–Crippen LogP) is 6.88. The molecule has 0 saturated carbocycles. The van der Waals surface area contributed by atoms with Gasteiger partial charge in [0, 0.05) is 19.6 Å². The molecule has 0 radical (unpaired) electrons. The van der Waals surface area contributed by atoms with Crippen LogP contribution in [0.5, 0.6) is 0 Å². The maximum absolute atomic E-state index is 6.76. The maximum atomic E-state index is 6.76. The number of nitrogens with two attached hydrogens (primary N) is 1. The second-order valence-electron chi connectivity index (χ2n) is 11.9. The van der Waals surface area contributed by atoms with Crippen LogP contribution in [-0.4, -0.2) is 58.1 Å². The fraction of sp³-hybridized carbons (Fsp3) is 0.867. The van der Waals surface area contributed by atoms with Crippen molar-refractivity contribution in [3.05, 3.63) is 23.8 Å². The van der Waals surface area contributed by atoms with Crippen molar-refractivity contribution in [3.63, 3.8) is 0 Å². The molecule has 2 aliphatic rings. The highest BCUT2D eigenvalue weighted by molar-refractivity contribution is 6.73. The van der Waals surface area contributed by atoms with E-state index in [4.69, 9.17) is 24.4 Å². The number of epoxide rings is 1. The molecule has 0 aliphatic carbocycles. The van der Waals surface area contributed by atoms with Gasteiger partial charge in [-0.05, 0) is 75.6 Å². The summed E-state index contributed by atoms with van der Waals surface area (Å²) in [6.07, 6.45) is 10.7. The molecule has 9 atom stereocenters. The zero-order valence-corrected chi connectivity index (χ0v) is 26.0. The predicted molar refractivity (Wildman–Crippen MR) is 154 cm³/mol. The van der Waals surface area contributed by atoms with Gasteiger partial charge in [0.2, 0.25) is 0 Å². The fourth-order valence-electron chi connectivity index (χ4n) is 6.49. The summed E-state index contributed by atoms with van der Waals surface area (Å²) in [4.78, 5) is 0. The number of rotatable bonds is 15. The van der Waals surface area contributed by atoms with Gasteiger partial charge in [-0.1, -0.05) is 59.8 Å². The highest BCUT2D eigenvalue weighted by Crippen LogP contribution is 2.47. The molecule has 2 aliphatic heterocycles. The average molecular weight is 524 g/mol. The number of allylic oxidation sites excluding steroid dienone is 3. The first kappa shape index (κ1) is 31.7. The first-order valence-electron chi connectivity index (χ1n) is 14.6. The smallest absolute Gasteiger partial charge is 0.192 e. The molecular formula is C30H57NO4Si. The second kappa shape index (κ2) is 14.0. The molecule has 1 unspecified atom stereocenters. The Morgan fingerprint density at radius 3 is 2.33 bits per heavy atom. The zero-order valence-electron chi connectivity index (χ0n) is 25.0. The van der Waals surface area contributed by atoms with Crippen LogP contribution in [0.15, 0.2) is 23.8 Å². The fourth-order valence-corrected chi connectivity index (χ4v) is 9.41. The van der Waals surface area contributed by atoms with Crippen molar-refractivity contribution >= 4 is 8.32 Å². The van der Waals surface area contributed by atoms with Crippen molar-refractivity contribution in [1.82, 2.24) is 0 Å². The van der Waals surface area contributed by atoms with Crippen LogP contribution in [0.3, 0.4) is 0 Å². The van der Waals surface area contributed by atoms with E-state index in [9.17, 15) is 0 Å². The molecule has 6 heteroatoms. The van der Waals surface area contributed by atoms with Gasteiger partial charge in [-0.2, -0.15) is 0 Å². The van der Waals surface area contributed by atoms with Gasteiger partial charge >= 0.3 is 0 Å². The average Bonchev–Trinajstić information content (AvgIpc) is 3.53. The molecular weight excluding hydrogens is 466 g/mol. The third-order valence-corrected chi connectivity index (χ3v) is 13.8. The third-order valence-electron chi connectivity index (χ3n) is 9.08.